The Morgan fingerprint density at radius 3 is 1.92 bits per heavy atom. The van der Waals surface area contributed by atoms with E-state index in [0.29, 0.717) is 12.1 Å². The van der Waals surface area contributed by atoms with Crippen molar-refractivity contribution in [2.24, 2.45) is 0 Å². The van der Waals surface area contributed by atoms with Crippen molar-refractivity contribution in [3.05, 3.63) is 0 Å². The van der Waals surface area contributed by atoms with Gasteiger partial charge in [0.25, 0.3) is 0 Å². The van der Waals surface area contributed by atoms with Crippen LogP contribution in [0, 0.1) is 0 Å². The fourth-order valence-corrected chi connectivity index (χ4v) is 9.27. The van der Waals surface area contributed by atoms with Crippen LogP contribution in [0.4, 0.5) is 0 Å². The summed E-state index contributed by atoms with van der Waals surface area (Å²) in [5.74, 6) is 0. The molecule has 0 amide bonds. The number of rotatable bonds is 5. The van der Waals surface area contributed by atoms with E-state index < -0.39 is 8.07 Å². The van der Waals surface area contributed by atoms with Crippen LogP contribution in [0.25, 0.3) is 0 Å². The lowest BCUT2D eigenvalue weighted by Crippen LogP contribution is -2.39. The monoisotopic (exact) mass is 198 g/mol. The van der Waals surface area contributed by atoms with E-state index in [9.17, 15) is 5.11 Å². The molecular formula is C11H22OSi. The smallest absolute Gasteiger partial charge is 0.0621 e. The zero-order valence-corrected chi connectivity index (χ0v) is 9.92. The van der Waals surface area contributed by atoms with E-state index in [0.717, 1.165) is 11.1 Å². The van der Waals surface area contributed by atoms with Gasteiger partial charge in [0, 0.05) is 6.61 Å². The van der Waals surface area contributed by atoms with Gasteiger partial charge >= 0.3 is 0 Å². The van der Waals surface area contributed by atoms with Crippen molar-refractivity contribution in [3.8, 4) is 0 Å². The topological polar surface area (TPSA) is 20.2 Å². The van der Waals surface area contributed by atoms with Crippen molar-refractivity contribution in [1.29, 1.82) is 0 Å². The second-order valence-corrected chi connectivity index (χ2v) is 10.4. The number of hydrogen-bond acceptors (Lipinski definition) is 1. The molecule has 0 aromatic heterocycles. The van der Waals surface area contributed by atoms with Gasteiger partial charge in [-0.05, 0) is 16.6 Å². The molecule has 1 unspecified atom stereocenters. The third-order valence-corrected chi connectivity index (χ3v) is 11.5. The molecule has 0 aromatic carbocycles. The van der Waals surface area contributed by atoms with Crippen LogP contribution in [-0.2, 0) is 0 Å². The fourth-order valence-electron chi connectivity index (χ4n) is 3.18. The molecule has 0 spiro atoms. The standard InChI is InChI=1S/C11H22OSi/c1-3-9(8-12)13(2,10-4-5-10)11-6-7-11/h9-12H,3-8H2,1-2H3. The molecule has 0 aliphatic heterocycles. The van der Waals surface area contributed by atoms with Crippen LogP contribution < -0.4 is 0 Å². The Morgan fingerprint density at radius 2 is 1.69 bits per heavy atom. The second-order valence-electron chi connectivity index (χ2n) is 5.20. The lowest BCUT2D eigenvalue weighted by molar-refractivity contribution is 0.282. The van der Waals surface area contributed by atoms with Gasteiger partial charge in [0.1, 0.15) is 0 Å². The van der Waals surface area contributed by atoms with Gasteiger partial charge in [-0.1, -0.05) is 45.6 Å². The predicted molar refractivity (Wildman–Crippen MR) is 58.7 cm³/mol. The first-order valence-corrected chi connectivity index (χ1v) is 8.57. The largest absolute Gasteiger partial charge is 0.396 e. The molecule has 1 atom stereocenters. The maximum absolute atomic E-state index is 9.45. The van der Waals surface area contributed by atoms with Gasteiger partial charge in [0.15, 0.2) is 0 Å². The molecule has 0 saturated heterocycles. The summed E-state index contributed by atoms with van der Waals surface area (Å²) in [6.45, 7) is 5.30. The van der Waals surface area contributed by atoms with Crippen LogP contribution in [0.5, 0.6) is 0 Å². The molecule has 2 fully saturated rings. The molecule has 2 heteroatoms. The highest BCUT2D eigenvalue weighted by atomic mass is 28.3. The first kappa shape index (κ1) is 9.72. The third kappa shape index (κ3) is 1.59. The first-order chi connectivity index (χ1) is 6.23. The Morgan fingerprint density at radius 1 is 1.23 bits per heavy atom. The van der Waals surface area contributed by atoms with E-state index in [4.69, 9.17) is 0 Å². The molecule has 13 heavy (non-hydrogen) atoms. The average Bonchev–Trinajstić information content (AvgIpc) is 2.98. The van der Waals surface area contributed by atoms with Gasteiger partial charge in [0.05, 0.1) is 8.07 Å². The molecule has 2 rings (SSSR count). The molecular weight excluding hydrogens is 176 g/mol. The fraction of sp³-hybridized carbons (Fsp3) is 1.00. The summed E-state index contributed by atoms with van der Waals surface area (Å²) in [5.41, 5.74) is 2.86. The van der Waals surface area contributed by atoms with E-state index in [1.165, 1.54) is 32.1 Å². The predicted octanol–water partition coefficient (Wildman–Crippen LogP) is 3.17. The van der Waals surface area contributed by atoms with Gasteiger partial charge in [-0.3, -0.25) is 0 Å². The van der Waals surface area contributed by atoms with Gasteiger partial charge in [-0.2, -0.15) is 0 Å². The van der Waals surface area contributed by atoms with E-state index >= 15 is 0 Å². The molecule has 0 aromatic rings. The summed E-state index contributed by atoms with van der Waals surface area (Å²) in [4.78, 5) is 0. The highest BCUT2D eigenvalue weighted by Crippen LogP contribution is 2.62. The van der Waals surface area contributed by atoms with Crippen molar-refractivity contribution >= 4 is 8.07 Å². The quantitative estimate of drug-likeness (QED) is 0.673. The first-order valence-electron chi connectivity index (χ1n) is 5.84. The Kier molecular flexibility index (Phi) is 2.54. The third-order valence-electron chi connectivity index (χ3n) is 4.51. The number of aliphatic hydroxyl groups excluding tert-OH is 1. The SMILES string of the molecule is CCC(CO)[Si](C)(C1CC1)C1CC1. The number of hydrogen-bond donors (Lipinski definition) is 1. The second kappa shape index (κ2) is 3.39. The molecule has 2 saturated carbocycles. The normalized spacial score (nSPS) is 26.1. The lowest BCUT2D eigenvalue weighted by atomic mass is 10.3. The van der Waals surface area contributed by atoms with Crippen LogP contribution in [0.1, 0.15) is 39.0 Å². The summed E-state index contributed by atoms with van der Waals surface area (Å²) in [6, 6.07) is 0. The van der Waals surface area contributed by atoms with E-state index in [1.807, 2.05) is 0 Å². The van der Waals surface area contributed by atoms with Gasteiger partial charge in [-0.25, -0.2) is 0 Å². The number of aliphatic hydroxyl groups is 1. The van der Waals surface area contributed by atoms with E-state index in [-0.39, 0.29) is 0 Å². The van der Waals surface area contributed by atoms with Crippen LogP contribution in [0.3, 0.4) is 0 Å². The molecule has 0 bridgehead atoms. The van der Waals surface area contributed by atoms with Gasteiger partial charge in [0.2, 0.25) is 0 Å². The van der Waals surface area contributed by atoms with Crippen molar-refractivity contribution in [2.75, 3.05) is 6.61 Å². The van der Waals surface area contributed by atoms with E-state index in [1.54, 1.807) is 0 Å². The molecule has 2 aliphatic carbocycles. The highest BCUT2D eigenvalue weighted by molar-refractivity contribution is 6.84. The minimum Gasteiger partial charge on any atom is -0.396 e. The Hall–Kier alpha value is 0.177. The lowest BCUT2D eigenvalue weighted by Gasteiger charge is -2.35. The molecule has 0 heterocycles. The Labute approximate surface area is 82.6 Å². The maximum atomic E-state index is 9.45. The van der Waals surface area contributed by atoms with Crippen LogP contribution >= 0.6 is 0 Å². The van der Waals surface area contributed by atoms with Crippen LogP contribution in [0.2, 0.25) is 23.2 Å². The van der Waals surface area contributed by atoms with Crippen LogP contribution in [-0.4, -0.2) is 19.8 Å². The molecule has 0 radical (unpaired) electrons. The van der Waals surface area contributed by atoms with Gasteiger partial charge < -0.3 is 5.11 Å². The molecule has 76 valence electrons. The summed E-state index contributed by atoms with van der Waals surface area (Å²) < 4.78 is 0. The molecule has 1 N–H and O–H groups in total. The van der Waals surface area contributed by atoms with Crippen molar-refractivity contribution < 1.29 is 5.11 Å². The minimum atomic E-state index is -1.06. The Bertz CT molecular complexity index is 169. The summed E-state index contributed by atoms with van der Waals surface area (Å²) >= 11 is 0. The van der Waals surface area contributed by atoms with Crippen molar-refractivity contribution in [1.82, 2.24) is 0 Å². The zero-order valence-electron chi connectivity index (χ0n) is 8.92. The zero-order chi connectivity index (χ0) is 9.47. The van der Waals surface area contributed by atoms with Crippen LogP contribution in [0.15, 0.2) is 0 Å². The van der Waals surface area contributed by atoms with Gasteiger partial charge in [-0.15, -0.1) is 0 Å². The van der Waals surface area contributed by atoms with Crippen molar-refractivity contribution in [3.63, 3.8) is 0 Å². The summed E-state index contributed by atoms with van der Waals surface area (Å²) in [5, 5.41) is 9.45. The highest BCUT2D eigenvalue weighted by Gasteiger charge is 2.55. The minimum absolute atomic E-state index is 0.465. The maximum Gasteiger partial charge on any atom is 0.0621 e. The Balaban J connectivity index is 2.09. The molecule has 2 aliphatic rings. The summed E-state index contributed by atoms with van der Waals surface area (Å²) in [6.07, 6.45) is 7.14. The van der Waals surface area contributed by atoms with E-state index in [2.05, 4.69) is 13.5 Å². The van der Waals surface area contributed by atoms with Crippen molar-refractivity contribution in [2.45, 2.75) is 62.2 Å². The summed E-state index contributed by atoms with van der Waals surface area (Å²) in [7, 11) is -1.06. The molecule has 1 nitrogen and oxygen atoms in total. The average molecular weight is 198 g/mol.